The molecule has 1 aromatic rings. The monoisotopic (exact) mass is 560 g/mol. The van der Waals surface area contributed by atoms with Gasteiger partial charge in [-0.15, -0.1) is 0 Å². The Balaban J connectivity index is 1.30. The molecule has 11 heteroatoms. The van der Waals surface area contributed by atoms with Crippen LogP contribution in [0.3, 0.4) is 0 Å². The van der Waals surface area contributed by atoms with Gasteiger partial charge in [-0.3, -0.25) is 4.90 Å². The fourth-order valence-electron chi connectivity index (χ4n) is 5.91. The van der Waals surface area contributed by atoms with Crippen LogP contribution in [0.25, 0.3) is 0 Å². The molecule has 0 aromatic heterocycles. The van der Waals surface area contributed by atoms with E-state index in [1.807, 2.05) is 0 Å². The molecule has 204 valence electrons. The topological polar surface area (TPSA) is 81.2 Å². The van der Waals surface area contributed by atoms with E-state index in [1.165, 1.54) is 0 Å². The Morgan fingerprint density at radius 1 is 0.889 bits per heavy atom. The molecular weight excluding hydrogens is 520 g/mol. The summed E-state index contributed by atoms with van der Waals surface area (Å²) in [7, 11) is -4.85. The molecule has 0 bridgehead atoms. The Bertz CT molecular complexity index is 1130. The smallest absolute Gasteiger partial charge is 0.243 e. The van der Waals surface area contributed by atoms with Gasteiger partial charge < -0.3 is 4.90 Å². The van der Waals surface area contributed by atoms with E-state index in [2.05, 4.69) is 16.8 Å². The van der Waals surface area contributed by atoms with E-state index in [-0.39, 0.29) is 11.8 Å². The Labute approximate surface area is 222 Å². The molecule has 8 nitrogen and oxygen atoms in total. The summed E-state index contributed by atoms with van der Waals surface area (Å²) >= 11 is 6.18. The van der Waals surface area contributed by atoms with E-state index in [0.717, 1.165) is 57.4 Å². The average molecular weight is 561 g/mol. The second-order valence-corrected chi connectivity index (χ2v) is 15.1. The Morgan fingerprint density at radius 3 is 2.22 bits per heavy atom. The summed E-state index contributed by atoms with van der Waals surface area (Å²) in [6.45, 7) is 8.94. The van der Waals surface area contributed by atoms with Gasteiger partial charge in [0.1, 0.15) is 0 Å². The van der Waals surface area contributed by atoms with Gasteiger partial charge in [0.2, 0.25) is 20.0 Å². The molecule has 4 rings (SSSR count). The zero-order chi connectivity index (χ0) is 26.1. The fourth-order valence-corrected chi connectivity index (χ4v) is 9.65. The number of aryl methyl sites for hydroxylation is 2. The van der Waals surface area contributed by atoms with Gasteiger partial charge >= 0.3 is 0 Å². The van der Waals surface area contributed by atoms with E-state index in [1.54, 1.807) is 34.6 Å². The number of piperazine rings is 1. The number of likely N-dealkylation sites (tertiary alicyclic amines) is 1. The Morgan fingerprint density at radius 2 is 1.56 bits per heavy atom. The predicted molar refractivity (Wildman–Crippen MR) is 145 cm³/mol. The largest absolute Gasteiger partial charge is 0.306 e. The van der Waals surface area contributed by atoms with E-state index in [0.29, 0.717) is 54.0 Å². The Kier molecular flexibility index (Phi) is 9.07. The maximum absolute atomic E-state index is 13.5. The van der Waals surface area contributed by atoms with Crippen LogP contribution in [0.2, 0.25) is 5.02 Å². The highest BCUT2D eigenvalue weighted by Crippen LogP contribution is 2.32. The molecule has 0 radical (unpaired) electrons. The van der Waals surface area contributed by atoms with E-state index in [9.17, 15) is 16.8 Å². The molecule has 0 aliphatic carbocycles. The van der Waals surface area contributed by atoms with Crippen LogP contribution in [0.4, 0.5) is 0 Å². The number of hydrogen-bond donors (Lipinski definition) is 0. The van der Waals surface area contributed by atoms with Crippen LogP contribution < -0.4 is 0 Å². The first-order valence-electron chi connectivity index (χ1n) is 13.2. The summed E-state index contributed by atoms with van der Waals surface area (Å²) in [6.07, 6.45) is 4.88. The van der Waals surface area contributed by atoms with Crippen LogP contribution in [0.1, 0.15) is 49.7 Å². The molecule has 3 saturated heterocycles. The third-order valence-electron chi connectivity index (χ3n) is 8.18. The predicted octanol–water partition coefficient (Wildman–Crippen LogP) is 2.93. The highest BCUT2D eigenvalue weighted by Gasteiger charge is 2.37. The lowest BCUT2D eigenvalue weighted by molar-refractivity contribution is 0.0892. The van der Waals surface area contributed by atoms with E-state index in [4.69, 9.17) is 11.6 Å². The van der Waals surface area contributed by atoms with Crippen molar-refractivity contribution in [3.63, 3.8) is 0 Å². The van der Waals surface area contributed by atoms with Crippen molar-refractivity contribution in [3.8, 4) is 0 Å². The van der Waals surface area contributed by atoms with Gasteiger partial charge in [0.05, 0.1) is 10.6 Å². The van der Waals surface area contributed by atoms with Crippen molar-refractivity contribution in [1.29, 1.82) is 0 Å². The zero-order valence-corrected chi connectivity index (χ0v) is 24.2. The number of rotatable bonds is 8. The normalized spacial score (nSPS) is 24.5. The molecule has 0 N–H and O–H groups in total. The van der Waals surface area contributed by atoms with Gasteiger partial charge in [-0.2, -0.15) is 8.61 Å². The number of piperidine rings is 1. The van der Waals surface area contributed by atoms with Crippen molar-refractivity contribution in [1.82, 2.24) is 18.4 Å². The third-order valence-corrected chi connectivity index (χ3v) is 12.6. The molecule has 3 fully saturated rings. The van der Waals surface area contributed by atoms with Gasteiger partial charge in [0, 0.05) is 49.8 Å². The summed E-state index contributed by atoms with van der Waals surface area (Å²) in [5, 5.41) is 0.557. The molecule has 3 aliphatic rings. The van der Waals surface area contributed by atoms with Crippen LogP contribution in [-0.2, 0) is 20.0 Å². The summed E-state index contributed by atoms with van der Waals surface area (Å²) in [5.41, 5.74) is 1.37. The molecule has 0 amide bonds. The third kappa shape index (κ3) is 6.27. The van der Waals surface area contributed by atoms with Crippen molar-refractivity contribution < 1.29 is 16.8 Å². The molecule has 3 heterocycles. The van der Waals surface area contributed by atoms with Gasteiger partial charge in [-0.1, -0.05) is 11.6 Å². The minimum absolute atomic E-state index is 0.0741. The SMILES string of the molecule is Cc1cc(S(=O)(=O)N2CCC[C@@H]2CCCS(=O)(=O)N2CCN(C3CCN(C)CC3)CC2)c(C)cc1Cl. The van der Waals surface area contributed by atoms with Crippen LogP contribution in [0, 0.1) is 13.8 Å². The average Bonchev–Trinajstić information content (AvgIpc) is 3.31. The molecule has 1 atom stereocenters. The molecular formula is C25H41ClN4O4S2. The minimum Gasteiger partial charge on any atom is -0.306 e. The number of nitrogens with zero attached hydrogens (tertiary/aromatic N) is 4. The summed E-state index contributed by atoms with van der Waals surface area (Å²) in [6, 6.07) is 3.75. The summed E-state index contributed by atoms with van der Waals surface area (Å²) in [4.78, 5) is 5.11. The second-order valence-electron chi connectivity index (χ2n) is 10.7. The number of benzene rings is 1. The van der Waals surface area contributed by atoms with Gasteiger partial charge in [-0.05, 0) is 95.8 Å². The first kappa shape index (κ1) is 28.3. The lowest BCUT2D eigenvalue weighted by atomic mass is 10.0. The van der Waals surface area contributed by atoms with Crippen LogP contribution in [0.5, 0.6) is 0 Å². The molecule has 0 saturated carbocycles. The van der Waals surface area contributed by atoms with Crippen molar-refractivity contribution >= 4 is 31.6 Å². The van der Waals surface area contributed by atoms with Crippen molar-refractivity contribution in [3.05, 3.63) is 28.3 Å². The summed E-state index contributed by atoms with van der Waals surface area (Å²) in [5.74, 6) is 0.0741. The maximum Gasteiger partial charge on any atom is 0.243 e. The highest BCUT2D eigenvalue weighted by molar-refractivity contribution is 7.89. The molecule has 1 aromatic carbocycles. The standard InChI is InChI=1S/C25H41ClN4O4S2/c1-20-19-25(21(2)18-24(20)26)36(33,34)30-10-4-6-23(30)7-5-17-35(31,32)29-15-13-28(14-16-29)22-8-11-27(3)12-9-22/h18-19,22-23H,4-17H2,1-3H3/t23-/m1/s1. The molecule has 36 heavy (non-hydrogen) atoms. The number of halogens is 1. The minimum atomic E-state index is -3.66. The first-order valence-corrected chi connectivity index (χ1v) is 16.6. The molecule has 0 spiro atoms. The number of hydrogen-bond acceptors (Lipinski definition) is 6. The van der Waals surface area contributed by atoms with Crippen LogP contribution >= 0.6 is 11.6 Å². The highest BCUT2D eigenvalue weighted by atomic mass is 35.5. The molecule has 0 unspecified atom stereocenters. The van der Waals surface area contributed by atoms with E-state index < -0.39 is 20.0 Å². The lowest BCUT2D eigenvalue weighted by Crippen LogP contribution is -2.54. The lowest BCUT2D eigenvalue weighted by Gasteiger charge is -2.41. The molecule has 3 aliphatic heterocycles. The van der Waals surface area contributed by atoms with Gasteiger partial charge in [-0.25, -0.2) is 16.8 Å². The van der Waals surface area contributed by atoms with Gasteiger partial charge in [0.15, 0.2) is 0 Å². The first-order chi connectivity index (χ1) is 17.0. The summed E-state index contributed by atoms with van der Waals surface area (Å²) < 4.78 is 56.3. The quantitative estimate of drug-likeness (QED) is 0.486. The van der Waals surface area contributed by atoms with Crippen LogP contribution in [-0.4, -0.2) is 106 Å². The fraction of sp³-hybridized carbons (Fsp3) is 0.760. The second kappa shape index (κ2) is 11.6. The number of sulfonamides is 2. The van der Waals surface area contributed by atoms with Crippen molar-refractivity contribution in [2.75, 3.05) is 58.6 Å². The zero-order valence-electron chi connectivity index (χ0n) is 21.8. The van der Waals surface area contributed by atoms with Gasteiger partial charge in [0.25, 0.3) is 0 Å². The van der Waals surface area contributed by atoms with Crippen molar-refractivity contribution in [2.24, 2.45) is 0 Å². The Hall–Kier alpha value is -0.750. The maximum atomic E-state index is 13.5. The van der Waals surface area contributed by atoms with E-state index >= 15 is 0 Å². The van der Waals surface area contributed by atoms with Crippen molar-refractivity contribution in [2.45, 2.75) is 69.4 Å². The van der Waals surface area contributed by atoms with Crippen LogP contribution in [0.15, 0.2) is 17.0 Å².